The third kappa shape index (κ3) is 4.10. The fourth-order valence-electron chi connectivity index (χ4n) is 2.77. The van der Waals surface area contributed by atoms with Crippen LogP contribution in [0.4, 0.5) is 0 Å². The molecule has 0 heterocycles. The van der Waals surface area contributed by atoms with Crippen molar-refractivity contribution < 1.29 is 4.74 Å². The lowest BCUT2D eigenvalue weighted by Gasteiger charge is -2.26. The van der Waals surface area contributed by atoms with Crippen LogP contribution in [0.3, 0.4) is 0 Å². The lowest BCUT2D eigenvalue weighted by atomic mass is 9.96. The van der Waals surface area contributed by atoms with Crippen LogP contribution in [0, 0.1) is 0 Å². The molecule has 0 saturated heterocycles. The predicted octanol–water partition coefficient (Wildman–Crippen LogP) is 3.55. The molecule has 1 aliphatic rings. The van der Waals surface area contributed by atoms with E-state index in [1.165, 1.54) is 32.1 Å². The quantitative estimate of drug-likeness (QED) is 0.832. The van der Waals surface area contributed by atoms with Crippen molar-refractivity contribution in [3.8, 4) is 5.75 Å². The monoisotopic (exact) mass is 292 g/mol. The Balaban J connectivity index is 1.89. The van der Waals surface area contributed by atoms with E-state index in [-0.39, 0.29) is 6.04 Å². The number of hydrogen-bond donors (Lipinski definition) is 2. The molecule has 2 N–H and O–H groups in total. The molecule has 3 nitrogen and oxygen atoms in total. The average molecular weight is 292 g/mol. The van der Waals surface area contributed by atoms with Crippen molar-refractivity contribution in [3.63, 3.8) is 0 Å². The maximum absolute atomic E-state index is 5.43. The van der Waals surface area contributed by atoms with E-state index in [4.69, 9.17) is 17.0 Å². The average Bonchev–Trinajstić information content (AvgIpc) is 2.48. The molecule has 0 radical (unpaired) electrons. The highest BCUT2D eigenvalue weighted by molar-refractivity contribution is 7.80. The normalized spacial score (nSPS) is 17.3. The first kappa shape index (κ1) is 15.1. The second-order valence-corrected chi connectivity index (χ2v) is 5.82. The van der Waals surface area contributed by atoms with Crippen LogP contribution in [0.2, 0.25) is 0 Å². The summed E-state index contributed by atoms with van der Waals surface area (Å²) in [5.41, 5.74) is 1.13. The van der Waals surface area contributed by atoms with Crippen molar-refractivity contribution >= 4 is 17.3 Å². The zero-order chi connectivity index (χ0) is 14.4. The minimum atomic E-state index is 0.134. The Morgan fingerprint density at radius 2 is 1.95 bits per heavy atom. The third-order valence-electron chi connectivity index (χ3n) is 3.89. The van der Waals surface area contributed by atoms with Crippen LogP contribution in [0.15, 0.2) is 24.3 Å². The molecule has 0 unspecified atom stereocenters. The number of hydrogen-bond acceptors (Lipinski definition) is 2. The minimum Gasteiger partial charge on any atom is -0.496 e. The van der Waals surface area contributed by atoms with Crippen molar-refractivity contribution in [1.29, 1.82) is 0 Å². The number of methoxy groups -OCH3 is 1. The molecular weight excluding hydrogens is 268 g/mol. The van der Waals surface area contributed by atoms with Crippen LogP contribution in [0.1, 0.15) is 50.6 Å². The van der Waals surface area contributed by atoms with E-state index in [1.807, 2.05) is 18.2 Å². The number of thiocarbonyl (C=S) groups is 1. The lowest BCUT2D eigenvalue weighted by molar-refractivity contribution is 0.402. The zero-order valence-corrected chi connectivity index (χ0v) is 13.1. The maximum Gasteiger partial charge on any atom is 0.166 e. The van der Waals surface area contributed by atoms with Gasteiger partial charge in [-0.3, -0.25) is 0 Å². The first-order valence-electron chi connectivity index (χ1n) is 7.40. The van der Waals surface area contributed by atoms with Gasteiger partial charge in [-0.05, 0) is 38.0 Å². The SMILES string of the molecule is COc1ccccc1[C@H](C)NC(=S)NC1CCCCC1. The molecule has 4 heteroatoms. The Kier molecular flexibility index (Phi) is 5.65. The van der Waals surface area contributed by atoms with Crippen LogP contribution in [-0.2, 0) is 0 Å². The van der Waals surface area contributed by atoms with E-state index >= 15 is 0 Å². The summed E-state index contributed by atoms with van der Waals surface area (Å²) in [7, 11) is 1.70. The van der Waals surface area contributed by atoms with Gasteiger partial charge in [-0.2, -0.15) is 0 Å². The molecule has 2 rings (SSSR count). The highest BCUT2D eigenvalue weighted by atomic mass is 32.1. The molecule has 1 aromatic carbocycles. The van der Waals surface area contributed by atoms with Gasteiger partial charge in [0.25, 0.3) is 0 Å². The molecule has 0 aromatic heterocycles. The van der Waals surface area contributed by atoms with E-state index in [0.717, 1.165) is 16.4 Å². The van der Waals surface area contributed by atoms with Crippen LogP contribution < -0.4 is 15.4 Å². The highest BCUT2D eigenvalue weighted by Crippen LogP contribution is 2.24. The second-order valence-electron chi connectivity index (χ2n) is 5.42. The number of ether oxygens (including phenoxy) is 1. The molecule has 1 fully saturated rings. The van der Waals surface area contributed by atoms with Gasteiger partial charge < -0.3 is 15.4 Å². The summed E-state index contributed by atoms with van der Waals surface area (Å²) in [4.78, 5) is 0. The van der Waals surface area contributed by atoms with E-state index in [2.05, 4.69) is 23.6 Å². The Labute approximate surface area is 127 Å². The maximum atomic E-state index is 5.43. The largest absolute Gasteiger partial charge is 0.496 e. The summed E-state index contributed by atoms with van der Waals surface area (Å²) in [5, 5.41) is 7.54. The van der Waals surface area contributed by atoms with Crippen LogP contribution in [-0.4, -0.2) is 18.3 Å². The van der Waals surface area contributed by atoms with Crippen molar-refractivity contribution in [3.05, 3.63) is 29.8 Å². The number of para-hydroxylation sites is 1. The topological polar surface area (TPSA) is 33.3 Å². The van der Waals surface area contributed by atoms with Gasteiger partial charge in [0.05, 0.1) is 13.2 Å². The molecule has 110 valence electrons. The molecule has 1 aromatic rings. The Bertz CT molecular complexity index is 444. The van der Waals surface area contributed by atoms with E-state index in [9.17, 15) is 0 Å². The summed E-state index contributed by atoms with van der Waals surface area (Å²) in [6, 6.07) is 8.72. The summed E-state index contributed by atoms with van der Waals surface area (Å²) < 4.78 is 5.39. The smallest absolute Gasteiger partial charge is 0.166 e. The first-order chi connectivity index (χ1) is 9.70. The second kappa shape index (κ2) is 7.48. The Hall–Kier alpha value is -1.29. The van der Waals surface area contributed by atoms with Gasteiger partial charge in [0, 0.05) is 11.6 Å². The Morgan fingerprint density at radius 3 is 2.65 bits per heavy atom. The highest BCUT2D eigenvalue weighted by Gasteiger charge is 2.16. The predicted molar refractivity (Wildman–Crippen MR) is 87.2 cm³/mol. The first-order valence-corrected chi connectivity index (χ1v) is 7.81. The standard InChI is InChI=1S/C16H24N2OS/c1-12(14-10-6-7-11-15(14)19-2)17-16(20)18-13-8-4-3-5-9-13/h6-7,10-13H,3-5,8-9H2,1-2H3,(H2,17,18,20)/t12-/m0/s1. The van der Waals surface area contributed by atoms with Crippen LogP contribution >= 0.6 is 12.2 Å². The van der Waals surface area contributed by atoms with Crippen molar-refractivity contribution in [2.45, 2.75) is 51.1 Å². The summed E-state index contributed by atoms with van der Waals surface area (Å²) in [6.45, 7) is 2.10. The van der Waals surface area contributed by atoms with E-state index in [1.54, 1.807) is 7.11 Å². The summed E-state index contributed by atoms with van der Waals surface area (Å²) >= 11 is 5.43. The molecule has 0 bridgehead atoms. The fourth-order valence-corrected chi connectivity index (χ4v) is 3.12. The molecule has 20 heavy (non-hydrogen) atoms. The number of rotatable bonds is 4. The van der Waals surface area contributed by atoms with E-state index in [0.29, 0.717) is 6.04 Å². The molecule has 0 spiro atoms. The Morgan fingerprint density at radius 1 is 1.25 bits per heavy atom. The van der Waals surface area contributed by atoms with Crippen LogP contribution in [0.25, 0.3) is 0 Å². The van der Waals surface area contributed by atoms with Crippen molar-refractivity contribution in [1.82, 2.24) is 10.6 Å². The molecule has 0 aliphatic heterocycles. The van der Waals surface area contributed by atoms with Gasteiger partial charge in [-0.25, -0.2) is 0 Å². The summed E-state index contributed by atoms with van der Waals surface area (Å²) in [5.74, 6) is 0.896. The van der Waals surface area contributed by atoms with Gasteiger partial charge in [-0.1, -0.05) is 37.5 Å². The van der Waals surface area contributed by atoms with E-state index < -0.39 is 0 Å². The van der Waals surface area contributed by atoms with Gasteiger partial charge in [-0.15, -0.1) is 0 Å². The third-order valence-corrected chi connectivity index (χ3v) is 4.13. The summed E-state index contributed by atoms with van der Waals surface area (Å²) in [6.07, 6.45) is 6.43. The van der Waals surface area contributed by atoms with Crippen molar-refractivity contribution in [2.75, 3.05) is 7.11 Å². The zero-order valence-electron chi connectivity index (χ0n) is 12.3. The van der Waals surface area contributed by atoms with Crippen LogP contribution in [0.5, 0.6) is 5.75 Å². The molecule has 1 atom stereocenters. The van der Waals surface area contributed by atoms with Gasteiger partial charge in [0.2, 0.25) is 0 Å². The minimum absolute atomic E-state index is 0.134. The molecule has 1 saturated carbocycles. The van der Waals surface area contributed by atoms with Gasteiger partial charge >= 0.3 is 0 Å². The van der Waals surface area contributed by atoms with Gasteiger partial charge in [0.1, 0.15) is 5.75 Å². The molecule has 0 amide bonds. The molecular formula is C16H24N2OS. The number of nitrogens with one attached hydrogen (secondary N) is 2. The lowest BCUT2D eigenvalue weighted by Crippen LogP contribution is -2.43. The fraction of sp³-hybridized carbons (Fsp3) is 0.562. The molecule has 1 aliphatic carbocycles. The van der Waals surface area contributed by atoms with Crippen molar-refractivity contribution in [2.24, 2.45) is 0 Å². The number of benzene rings is 1. The van der Waals surface area contributed by atoms with Gasteiger partial charge in [0.15, 0.2) is 5.11 Å².